The number of pyridine rings is 1. The highest BCUT2D eigenvalue weighted by Crippen LogP contribution is 2.32. The van der Waals surface area contributed by atoms with Crippen molar-refractivity contribution in [2.75, 3.05) is 13.1 Å². The van der Waals surface area contributed by atoms with Gasteiger partial charge in [0.2, 0.25) is 0 Å². The van der Waals surface area contributed by atoms with Crippen molar-refractivity contribution in [2.24, 2.45) is 0 Å². The van der Waals surface area contributed by atoms with Crippen molar-refractivity contribution in [1.82, 2.24) is 15.2 Å². The molecular weight excluding hydrogens is 372 g/mol. The monoisotopic (exact) mass is 395 g/mol. The number of alkyl halides is 2. The van der Waals surface area contributed by atoms with E-state index in [4.69, 9.17) is 0 Å². The molecule has 1 aliphatic rings. The van der Waals surface area contributed by atoms with Crippen molar-refractivity contribution in [3.8, 4) is 0 Å². The topological polar surface area (TPSA) is 45.2 Å². The van der Waals surface area contributed by atoms with Crippen LogP contribution in [0, 0.1) is 0 Å². The Bertz CT molecular complexity index is 708. The predicted octanol–water partition coefficient (Wildman–Crippen LogP) is 3.77. The summed E-state index contributed by atoms with van der Waals surface area (Å²) < 4.78 is 29.9. The van der Waals surface area contributed by atoms with Gasteiger partial charge >= 0.3 is 5.92 Å². The minimum atomic E-state index is -3.56. The van der Waals surface area contributed by atoms with Gasteiger partial charge in [0.1, 0.15) is 0 Å². The highest BCUT2D eigenvalue weighted by atomic mass is 35.5. The van der Waals surface area contributed by atoms with Crippen LogP contribution in [0.5, 0.6) is 0 Å². The van der Waals surface area contributed by atoms with Crippen LogP contribution in [0.4, 0.5) is 8.78 Å². The van der Waals surface area contributed by atoms with Crippen molar-refractivity contribution in [2.45, 2.75) is 37.8 Å². The Morgan fingerprint density at radius 1 is 1.11 bits per heavy atom. The lowest BCUT2D eigenvalue weighted by Crippen LogP contribution is -2.47. The molecule has 1 atom stereocenters. The SMILES string of the molecule is Cl.O=C(N(Cc1ccccn1)C1CCCNCC1)C(F)(F)c1ccccc1. The maximum atomic E-state index is 14.9. The highest BCUT2D eigenvalue weighted by molar-refractivity contribution is 5.85. The fourth-order valence-corrected chi connectivity index (χ4v) is 3.30. The second kappa shape index (κ2) is 9.76. The number of rotatable bonds is 5. The van der Waals surface area contributed by atoms with Crippen LogP contribution >= 0.6 is 12.4 Å². The molecule has 7 heteroatoms. The van der Waals surface area contributed by atoms with Gasteiger partial charge in [-0.05, 0) is 44.5 Å². The van der Waals surface area contributed by atoms with Gasteiger partial charge in [-0.15, -0.1) is 12.4 Å². The molecule has 0 aliphatic carbocycles. The Hall–Kier alpha value is -2.05. The molecule has 1 unspecified atom stereocenters. The first-order chi connectivity index (χ1) is 12.6. The Morgan fingerprint density at radius 3 is 2.56 bits per heavy atom. The molecule has 2 aromatic rings. The van der Waals surface area contributed by atoms with Crippen molar-refractivity contribution in [3.63, 3.8) is 0 Å². The van der Waals surface area contributed by atoms with Gasteiger partial charge < -0.3 is 10.2 Å². The van der Waals surface area contributed by atoms with Crippen LogP contribution in [-0.2, 0) is 17.3 Å². The minimum absolute atomic E-state index is 0. The first-order valence-electron chi connectivity index (χ1n) is 8.94. The zero-order valence-electron chi connectivity index (χ0n) is 15.0. The van der Waals surface area contributed by atoms with E-state index in [1.807, 2.05) is 0 Å². The predicted molar refractivity (Wildman–Crippen MR) is 103 cm³/mol. The lowest BCUT2D eigenvalue weighted by molar-refractivity contribution is -0.162. The Kier molecular flexibility index (Phi) is 7.68. The third-order valence-corrected chi connectivity index (χ3v) is 4.71. The van der Waals surface area contributed by atoms with Gasteiger partial charge in [-0.2, -0.15) is 8.78 Å². The summed E-state index contributed by atoms with van der Waals surface area (Å²) in [7, 11) is 0. The number of nitrogens with zero attached hydrogens (tertiary/aromatic N) is 2. The summed E-state index contributed by atoms with van der Waals surface area (Å²) in [5, 5.41) is 3.26. The molecule has 4 nitrogen and oxygen atoms in total. The molecule has 1 amide bonds. The van der Waals surface area contributed by atoms with E-state index in [0.29, 0.717) is 25.1 Å². The molecule has 1 aliphatic heterocycles. The first-order valence-corrected chi connectivity index (χ1v) is 8.94. The fourth-order valence-electron chi connectivity index (χ4n) is 3.30. The van der Waals surface area contributed by atoms with E-state index in [1.54, 1.807) is 30.5 Å². The van der Waals surface area contributed by atoms with E-state index in [2.05, 4.69) is 10.3 Å². The third kappa shape index (κ3) is 5.23. The molecule has 146 valence electrons. The number of carbonyl (C=O) groups is 1. The zero-order valence-corrected chi connectivity index (χ0v) is 15.8. The summed E-state index contributed by atoms with van der Waals surface area (Å²) in [6.45, 7) is 1.65. The molecule has 1 aromatic heterocycles. The number of hydrogen-bond donors (Lipinski definition) is 1. The summed E-state index contributed by atoms with van der Waals surface area (Å²) in [6.07, 6.45) is 3.83. The molecular formula is C20H24ClF2N3O. The highest BCUT2D eigenvalue weighted by Gasteiger charge is 2.45. The van der Waals surface area contributed by atoms with E-state index >= 15 is 0 Å². The van der Waals surface area contributed by atoms with Gasteiger partial charge in [0.15, 0.2) is 0 Å². The number of benzene rings is 1. The third-order valence-electron chi connectivity index (χ3n) is 4.71. The molecule has 1 aromatic carbocycles. The number of carbonyl (C=O) groups excluding carboxylic acids is 1. The van der Waals surface area contributed by atoms with Gasteiger partial charge in [0, 0.05) is 17.8 Å². The van der Waals surface area contributed by atoms with E-state index in [9.17, 15) is 13.6 Å². The molecule has 0 bridgehead atoms. The molecule has 3 rings (SSSR count). The molecule has 0 spiro atoms. The Morgan fingerprint density at radius 2 is 1.85 bits per heavy atom. The minimum Gasteiger partial charge on any atom is -0.328 e. The molecule has 27 heavy (non-hydrogen) atoms. The molecule has 1 N–H and O–H groups in total. The maximum absolute atomic E-state index is 14.9. The van der Waals surface area contributed by atoms with Gasteiger partial charge in [-0.1, -0.05) is 36.4 Å². The van der Waals surface area contributed by atoms with E-state index in [0.717, 1.165) is 13.0 Å². The molecule has 0 radical (unpaired) electrons. The van der Waals surface area contributed by atoms with E-state index in [-0.39, 0.29) is 30.6 Å². The van der Waals surface area contributed by atoms with Gasteiger partial charge in [-0.25, -0.2) is 0 Å². The largest absolute Gasteiger partial charge is 0.349 e. The van der Waals surface area contributed by atoms with Crippen molar-refractivity contribution in [1.29, 1.82) is 0 Å². The number of amides is 1. The van der Waals surface area contributed by atoms with Crippen LogP contribution in [0.15, 0.2) is 54.7 Å². The average Bonchev–Trinajstić information content (AvgIpc) is 2.96. The number of halogens is 3. The lowest BCUT2D eigenvalue weighted by atomic mass is 10.0. The summed E-state index contributed by atoms with van der Waals surface area (Å²) in [5.41, 5.74) is 0.338. The number of nitrogens with one attached hydrogen (secondary N) is 1. The molecule has 1 fully saturated rings. The van der Waals surface area contributed by atoms with Crippen molar-refractivity contribution >= 4 is 18.3 Å². The summed E-state index contributed by atoms with van der Waals surface area (Å²) >= 11 is 0. The standard InChI is InChI=1S/C20H23F2N3O.ClH/c21-20(22,16-7-2-1-3-8-16)19(26)25(15-17-9-4-5-13-24-17)18-10-6-12-23-14-11-18;/h1-5,7-9,13,18,23H,6,10-12,14-15H2;1H. The van der Waals surface area contributed by atoms with Crippen LogP contribution in [0.1, 0.15) is 30.5 Å². The van der Waals surface area contributed by atoms with Crippen molar-refractivity contribution in [3.05, 3.63) is 66.0 Å². The lowest BCUT2D eigenvalue weighted by Gasteiger charge is -2.33. The van der Waals surface area contributed by atoms with Crippen LogP contribution < -0.4 is 5.32 Å². The van der Waals surface area contributed by atoms with Crippen LogP contribution in [-0.4, -0.2) is 34.9 Å². The number of aromatic nitrogens is 1. The Labute approximate surface area is 164 Å². The van der Waals surface area contributed by atoms with Gasteiger partial charge in [0.25, 0.3) is 5.91 Å². The fraction of sp³-hybridized carbons (Fsp3) is 0.400. The average molecular weight is 396 g/mol. The first kappa shape index (κ1) is 21.3. The van der Waals surface area contributed by atoms with E-state index in [1.165, 1.54) is 29.2 Å². The summed E-state index contributed by atoms with van der Waals surface area (Å²) in [6, 6.07) is 12.4. The van der Waals surface area contributed by atoms with Crippen LogP contribution in [0.3, 0.4) is 0 Å². The van der Waals surface area contributed by atoms with E-state index < -0.39 is 11.8 Å². The van der Waals surface area contributed by atoms with Crippen LogP contribution in [0.25, 0.3) is 0 Å². The molecule has 1 saturated heterocycles. The summed E-state index contributed by atoms with van der Waals surface area (Å²) in [5.74, 6) is -4.71. The quantitative estimate of drug-likeness (QED) is 0.838. The number of hydrogen-bond acceptors (Lipinski definition) is 3. The van der Waals surface area contributed by atoms with Gasteiger partial charge in [-0.3, -0.25) is 9.78 Å². The molecule has 2 heterocycles. The Balaban J connectivity index is 0.00000261. The van der Waals surface area contributed by atoms with Gasteiger partial charge in [0.05, 0.1) is 12.2 Å². The zero-order chi connectivity index (χ0) is 18.4. The second-order valence-electron chi connectivity index (χ2n) is 6.53. The normalized spacial score (nSPS) is 17.5. The summed E-state index contributed by atoms with van der Waals surface area (Å²) in [4.78, 5) is 18.5. The molecule has 0 saturated carbocycles. The van der Waals surface area contributed by atoms with Crippen molar-refractivity contribution < 1.29 is 13.6 Å². The second-order valence-corrected chi connectivity index (χ2v) is 6.53. The maximum Gasteiger partial charge on any atom is 0.349 e. The smallest absolute Gasteiger partial charge is 0.328 e. The van der Waals surface area contributed by atoms with Crippen LogP contribution in [0.2, 0.25) is 0 Å².